The quantitative estimate of drug-likeness (QED) is 0.832. The van der Waals surface area contributed by atoms with Crippen LogP contribution in [0.25, 0.3) is 0 Å². The van der Waals surface area contributed by atoms with E-state index in [-0.39, 0.29) is 0 Å². The molecule has 0 spiro atoms. The van der Waals surface area contributed by atoms with Crippen molar-refractivity contribution in [3.05, 3.63) is 41.4 Å². The molecule has 0 amide bonds. The lowest BCUT2D eigenvalue weighted by Crippen LogP contribution is -2.29. The number of esters is 1. The minimum atomic E-state index is -0.474. The van der Waals surface area contributed by atoms with Crippen LogP contribution < -0.4 is 14.8 Å². The van der Waals surface area contributed by atoms with E-state index in [0.717, 1.165) is 5.56 Å². The van der Waals surface area contributed by atoms with E-state index in [1.54, 1.807) is 31.9 Å². The van der Waals surface area contributed by atoms with E-state index in [0.29, 0.717) is 35.3 Å². The molecule has 132 valence electrons. The van der Waals surface area contributed by atoms with Crippen LogP contribution >= 0.6 is 0 Å². The van der Waals surface area contributed by atoms with Crippen LogP contribution in [-0.2, 0) is 9.53 Å². The Kier molecular flexibility index (Phi) is 4.60. The summed E-state index contributed by atoms with van der Waals surface area (Å²) in [4.78, 5) is 16.8. The van der Waals surface area contributed by atoms with E-state index in [2.05, 4.69) is 15.4 Å². The number of hydrogen-bond donors (Lipinski definition) is 1. The molecule has 8 nitrogen and oxygen atoms in total. The fourth-order valence-electron chi connectivity index (χ4n) is 2.90. The van der Waals surface area contributed by atoms with E-state index in [1.807, 2.05) is 19.1 Å². The number of aromatic nitrogens is 3. The molecule has 0 aliphatic carbocycles. The van der Waals surface area contributed by atoms with E-state index in [4.69, 9.17) is 14.2 Å². The lowest BCUT2D eigenvalue weighted by Gasteiger charge is -2.28. The van der Waals surface area contributed by atoms with Crippen molar-refractivity contribution < 1.29 is 19.0 Å². The van der Waals surface area contributed by atoms with Crippen LogP contribution in [-0.4, -0.2) is 41.6 Å². The molecule has 1 unspecified atom stereocenters. The number of allylic oxidation sites excluding steroid dienone is 1. The Hall–Kier alpha value is -3.03. The highest BCUT2D eigenvalue weighted by molar-refractivity contribution is 5.92. The van der Waals surface area contributed by atoms with Crippen molar-refractivity contribution in [2.45, 2.75) is 19.9 Å². The summed E-state index contributed by atoms with van der Waals surface area (Å²) in [6.07, 6.45) is 1.44. The van der Waals surface area contributed by atoms with E-state index < -0.39 is 12.0 Å². The normalized spacial score (nSPS) is 16.1. The smallest absolute Gasteiger partial charge is 0.338 e. The van der Waals surface area contributed by atoms with E-state index in [1.165, 1.54) is 6.33 Å². The topological polar surface area (TPSA) is 87.5 Å². The van der Waals surface area contributed by atoms with Crippen molar-refractivity contribution in [1.82, 2.24) is 14.8 Å². The molecule has 0 bridgehead atoms. The molecule has 0 fully saturated rings. The van der Waals surface area contributed by atoms with Gasteiger partial charge in [0.2, 0.25) is 5.95 Å². The van der Waals surface area contributed by atoms with Crippen LogP contribution in [0.2, 0.25) is 0 Å². The Labute approximate surface area is 145 Å². The number of methoxy groups -OCH3 is 2. The van der Waals surface area contributed by atoms with Gasteiger partial charge in [-0.3, -0.25) is 0 Å². The Balaban J connectivity index is 2.15. The molecule has 1 aromatic carbocycles. The number of fused-ring (bicyclic) bond motifs is 1. The summed E-state index contributed by atoms with van der Waals surface area (Å²) in [5.41, 5.74) is 1.97. The summed E-state index contributed by atoms with van der Waals surface area (Å²) in [5.74, 6) is 1.34. The summed E-state index contributed by atoms with van der Waals surface area (Å²) < 4.78 is 17.6. The standard InChI is InChI=1S/C17H20N4O4/c1-5-25-16(22)14-10(2)20-17-18-9-19-21(17)15(14)11-6-7-12(23-3)13(8-11)24-4/h6-9,15H,5H2,1-4H3,(H,18,19,20). The maximum absolute atomic E-state index is 12.6. The summed E-state index contributed by atoms with van der Waals surface area (Å²) >= 11 is 0. The van der Waals surface area contributed by atoms with Crippen LogP contribution in [0.1, 0.15) is 25.5 Å². The Morgan fingerprint density at radius 3 is 2.72 bits per heavy atom. The predicted octanol–water partition coefficient (Wildman–Crippen LogP) is 2.15. The molecule has 1 aliphatic heterocycles. The van der Waals surface area contributed by atoms with Crippen LogP contribution in [0.15, 0.2) is 35.8 Å². The second-order valence-electron chi connectivity index (χ2n) is 5.43. The maximum Gasteiger partial charge on any atom is 0.338 e. The molecule has 8 heteroatoms. The Morgan fingerprint density at radius 2 is 2.04 bits per heavy atom. The molecule has 25 heavy (non-hydrogen) atoms. The fraction of sp³-hybridized carbons (Fsp3) is 0.353. The van der Waals surface area contributed by atoms with Crippen LogP contribution in [0.4, 0.5) is 5.95 Å². The zero-order valence-electron chi connectivity index (χ0n) is 14.6. The van der Waals surface area contributed by atoms with Gasteiger partial charge in [-0.2, -0.15) is 10.1 Å². The van der Waals surface area contributed by atoms with Gasteiger partial charge in [0.05, 0.1) is 26.4 Å². The first-order valence-electron chi connectivity index (χ1n) is 7.87. The van der Waals surface area contributed by atoms with Crippen LogP contribution in [0, 0.1) is 0 Å². The van der Waals surface area contributed by atoms with Gasteiger partial charge in [-0.05, 0) is 31.5 Å². The molecule has 1 N–H and O–H groups in total. The molecule has 1 atom stereocenters. The minimum absolute atomic E-state index is 0.290. The fourth-order valence-corrected chi connectivity index (χ4v) is 2.90. The highest BCUT2D eigenvalue weighted by Crippen LogP contribution is 2.38. The van der Waals surface area contributed by atoms with Crippen molar-refractivity contribution >= 4 is 11.9 Å². The van der Waals surface area contributed by atoms with Gasteiger partial charge in [0.15, 0.2) is 11.5 Å². The highest BCUT2D eigenvalue weighted by atomic mass is 16.5. The van der Waals surface area contributed by atoms with Crippen molar-refractivity contribution in [2.75, 3.05) is 26.1 Å². The number of nitrogens with one attached hydrogen (secondary N) is 1. The van der Waals surface area contributed by atoms with Gasteiger partial charge in [0, 0.05) is 5.70 Å². The number of anilines is 1. The molecular weight excluding hydrogens is 324 g/mol. The lowest BCUT2D eigenvalue weighted by atomic mass is 9.95. The summed E-state index contributed by atoms with van der Waals surface area (Å²) in [7, 11) is 3.14. The minimum Gasteiger partial charge on any atom is -0.493 e. The maximum atomic E-state index is 12.6. The van der Waals surface area contributed by atoms with Crippen LogP contribution in [0.5, 0.6) is 11.5 Å². The van der Waals surface area contributed by atoms with Crippen molar-refractivity contribution in [2.24, 2.45) is 0 Å². The first-order chi connectivity index (χ1) is 12.1. The zero-order valence-corrected chi connectivity index (χ0v) is 14.6. The molecule has 0 saturated heterocycles. The van der Waals surface area contributed by atoms with Gasteiger partial charge < -0.3 is 19.5 Å². The lowest BCUT2D eigenvalue weighted by molar-refractivity contribution is -0.139. The first-order valence-corrected chi connectivity index (χ1v) is 7.87. The monoisotopic (exact) mass is 344 g/mol. The average Bonchev–Trinajstić information content (AvgIpc) is 3.07. The van der Waals surface area contributed by atoms with Gasteiger partial charge in [0.1, 0.15) is 12.4 Å². The number of benzene rings is 1. The number of nitrogens with zero attached hydrogens (tertiary/aromatic N) is 3. The molecule has 1 aromatic heterocycles. The SMILES string of the molecule is CCOC(=O)C1=C(C)Nc2ncnn2C1c1ccc(OC)c(OC)c1. The Morgan fingerprint density at radius 1 is 1.28 bits per heavy atom. The van der Waals surface area contributed by atoms with Gasteiger partial charge in [-0.25, -0.2) is 9.48 Å². The predicted molar refractivity (Wildman–Crippen MR) is 90.7 cm³/mol. The van der Waals surface area contributed by atoms with Crippen molar-refractivity contribution in [3.8, 4) is 11.5 Å². The van der Waals surface area contributed by atoms with Crippen LogP contribution in [0.3, 0.4) is 0 Å². The van der Waals surface area contributed by atoms with Gasteiger partial charge >= 0.3 is 5.97 Å². The van der Waals surface area contributed by atoms with E-state index >= 15 is 0 Å². The molecular formula is C17H20N4O4. The largest absolute Gasteiger partial charge is 0.493 e. The number of carbonyl (C=O) groups is 1. The van der Waals surface area contributed by atoms with Crippen molar-refractivity contribution in [3.63, 3.8) is 0 Å². The Bertz CT molecular complexity index is 828. The van der Waals surface area contributed by atoms with Gasteiger partial charge in [-0.15, -0.1) is 0 Å². The molecule has 2 aromatic rings. The second-order valence-corrected chi connectivity index (χ2v) is 5.43. The second kappa shape index (κ2) is 6.84. The number of hydrogen-bond acceptors (Lipinski definition) is 7. The first kappa shape index (κ1) is 16.8. The zero-order chi connectivity index (χ0) is 18.0. The summed E-state index contributed by atoms with van der Waals surface area (Å²) in [5, 5.41) is 7.36. The third-order valence-corrected chi connectivity index (χ3v) is 4.01. The average molecular weight is 344 g/mol. The molecule has 1 aliphatic rings. The van der Waals surface area contributed by atoms with Gasteiger partial charge in [-0.1, -0.05) is 6.07 Å². The molecule has 2 heterocycles. The molecule has 0 radical (unpaired) electrons. The third-order valence-electron chi connectivity index (χ3n) is 4.01. The summed E-state index contributed by atoms with van der Waals surface area (Å²) in [6, 6.07) is 5.02. The molecule has 3 rings (SSSR count). The van der Waals surface area contributed by atoms with Gasteiger partial charge in [0.25, 0.3) is 0 Å². The number of ether oxygens (including phenoxy) is 3. The van der Waals surface area contributed by atoms with Crippen molar-refractivity contribution in [1.29, 1.82) is 0 Å². The number of carbonyl (C=O) groups excluding carboxylic acids is 1. The summed E-state index contributed by atoms with van der Waals surface area (Å²) in [6.45, 7) is 3.88. The third kappa shape index (κ3) is 2.90. The van der Waals surface area contributed by atoms with E-state index in [9.17, 15) is 4.79 Å². The highest BCUT2D eigenvalue weighted by Gasteiger charge is 2.34. The molecule has 0 saturated carbocycles. The number of rotatable bonds is 5.